The smallest absolute Gasteiger partial charge is 0.195 e. The average molecular weight is 362 g/mol. The quantitative estimate of drug-likeness (QED) is 0.466. The fourth-order valence-corrected chi connectivity index (χ4v) is 3.52. The molecule has 5 nitrogen and oxygen atoms in total. The topological polar surface area (TPSA) is 63.7 Å². The second-order valence-corrected chi connectivity index (χ2v) is 7.18. The van der Waals surface area contributed by atoms with Crippen molar-refractivity contribution in [2.45, 2.75) is 23.9 Å². The molecule has 0 atom stereocenters. The SMILES string of the molecule is N#Cc1cccc(OCCSc2nnc(C3CC3)n2-c2ccccc2)c1. The van der Waals surface area contributed by atoms with Crippen LogP contribution in [0.1, 0.15) is 30.1 Å². The second kappa shape index (κ2) is 7.63. The van der Waals surface area contributed by atoms with Crippen molar-refractivity contribution in [2.75, 3.05) is 12.4 Å². The zero-order valence-corrected chi connectivity index (χ0v) is 15.0. The van der Waals surface area contributed by atoms with E-state index in [2.05, 4.69) is 33.0 Å². The summed E-state index contributed by atoms with van der Waals surface area (Å²) >= 11 is 1.64. The summed E-state index contributed by atoms with van der Waals surface area (Å²) in [4.78, 5) is 0. The third-order valence-electron chi connectivity index (χ3n) is 4.16. The van der Waals surface area contributed by atoms with Crippen LogP contribution in [0.4, 0.5) is 0 Å². The molecule has 1 aromatic heterocycles. The van der Waals surface area contributed by atoms with Crippen molar-refractivity contribution in [1.29, 1.82) is 5.26 Å². The highest BCUT2D eigenvalue weighted by atomic mass is 32.2. The predicted octanol–water partition coefficient (Wildman–Crippen LogP) is 4.19. The molecule has 0 radical (unpaired) electrons. The van der Waals surface area contributed by atoms with Gasteiger partial charge in [0.2, 0.25) is 0 Å². The number of para-hydroxylation sites is 1. The minimum absolute atomic E-state index is 0.530. The highest BCUT2D eigenvalue weighted by Crippen LogP contribution is 2.41. The van der Waals surface area contributed by atoms with Gasteiger partial charge in [-0.15, -0.1) is 10.2 Å². The minimum Gasteiger partial charge on any atom is -0.493 e. The Morgan fingerprint density at radius 1 is 1.12 bits per heavy atom. The molecule has 26 heavy (non-hydrogen) atoms. The maximum absolute atomic E-state index is 8.95. The number of rotatable bonds is 7. The van der Waals surface area contributed by atoms with Crippen LogP contribution in [0, 0.1) is 11.3 Å². The Hall–Kier alpha value is -2.78. The monoisotopic (exact) mass is 362 g/mol. The van der Waals surface area contributed by atoms with E-state index in [1.807, 2.05) is 30.3 Å². The molecule has 0 bridgehead atoms. The molecule has 130 valence electrons. The molecular formula is C20H18N4OS. The van der Waals surface area contributed by atoms with Crippen LogP contribution in [0.15, 0.2) is 59.8 Å². The van der Waals surface area contributed by atoms with Crippen molar-refractivity contribution in [1.82, 2.24) is 14.8 Å². The van der Waals surface area contributed by atoms with Crippen LogP contribution in [0.3, 0.4) is 0 Å². The van der Waals surface area contributed by atoms with Gasteiger partial charge in [0.05, 0.1) is 18.2 Å². The average Bonchev–Trinajstić information content (AvgIpc) is 3.46. The van der Waals surface area contributed by atoms with Gasteiger partial charge in [0.25, 0.3) is 0 Å². The number of nitrogens with zero attached hydrogens (tertiary/aromatic N) is 4. The number of hydrogen-bond acceptors (Lipinski definition) is 5. The summed E-state index contributed by atoms with van der Waals surface area (Å²) in [6, 6.07) is 19.6. The molecule has 0 spiro atoms. The van der Waals surface area contributed by atoms with Crippen molar-refractivity contribution in [2.24, 2.45) is 0 Å². The van der Waals surface area contributed by atoms with Crippen molar-refractivity contribution in [3.63, 3.8) is 0 Å². The van der Waals surface area contributed by atoms with Crippen LogP contribution >= 0.6 is 11.8 Å². The fraction of sp³-hybridized carbons (Fsp3) is 0.250. The Kier molecular flexibility index (Phi) is 4.89. The van der Waals surface area contributed by atoms with Crippen LogP contribution in [0.25, 0.3) is 5.69 Å². The molecule has 2 aromatic carbocycles. The van der Waals surface area contributed by atoms with Crippen LogP contribution in [-0.4, -0.2) is 27.1 Å². The molecule has 4 rings (SSSR count). The lowest BCUT2D eigenvalue weighted by molar-refractivity contribution is 0.344. The summed E-state index contributed by atoms with van der Waals surface area (Å²) in [6.07, 6.45) is 2.38. The number of hydrogen-bond donors (Lipinski definition) is 0. The molecule has 3 aromatic rings. The van der Waals surface area contributed by atoms with E-state index in [9.17, 15) is 0 Å². The number of nitriles is 1. The molecule has 0 aliphatic heterocycles. The van der Waals surface area contributed by atoms with Gasteiger partial charge in [-0.05, 0) is 43.2 Å². The summed E-state index contributed by atoms with van der Waals surface area (Å²) in [5, 5.41) is 18.7. The van der Waals surface area contributed by atoms with Crippen molar-refractivity contribution in [3.8, 4) is 17.5 Å². The molecule has 1 fully saturated rings. The van der Waals surface area contributed by atoms with E-state index < -0.39 is 0 Å². The van der Waals surface area contributed by atoms with E-state index in [0.29, 0.717) is 23.8 Å². The van der Waals surface area contributed by atoms with Crippen LogP contribution in [0.5, 0.6) is 5.75 Å². The number of aromatic nitrogens is 3. The Bertz CT molecular complexity index is 928. The van der Waals surface area contributed by atoms with Crippen molar-refractivity contribution < 1.29 is 4.74 Å². The molecular weight excluding hydrogens is 344 g/mol. The van der Waals surface area contributed by atoms with Gasteiger partial charge >= 0.3 is 0 Å². The molecule has 1 heterocycles. The van der Waals surface area contributed by atoms with Gasteiger partial charge in [-0.25, -0.2) is 0 Å². The fourth-order valence-electron chi connectivity index (χ4n) is 2.75. The predicted molar refractivity (Wildman–Crippen MR) is 101 cm³/mol. The molecule has 1 saturated carbocycles. The summed E-state index contributed by atoms with van der Waals surface area (Å²) in [5.74, 6) is 3.06. The Balaban J connectivity index is 1.43. The summed E-state index contributed by atoms with van der Waals surface area (Å²) in [6.45, 7) is 0.542. The summed E-state index contributed by atoms with van der Waals surface area (Å²) in [7, 11) is 0. The normalized spacial score (nSPS) is 13.3. The lowest BCUT2D eigenvalue weighted by atomic mass is 10.2. The lowest BCUT2D eigenvalue weighted by Gasteiger charge is -2.10. The van der Waals surface area contributed by atoms with Crippen LogP contribution < -0.4 is 4.74 Å². The molecule has 6 heteroatoms. The van der Waals surface area contributed by atoms with E-state index in [-0.39, 0.29) is 0 Å². The van der Waals surface area contributed by atoms with Gasteiger partial charge in [-0.2, -0.15) is 5.26 Å². The molecule has 1 aliphatic rings. The van der Waals surface area contributed by atoms with Crippen molar-refractivity contribution >= 4 is 11.8 Å². The number of benzene rings is 2. The Morgan fingerprint density at radius 2 is 1.96 bits per heavy atom. The maximum Gasteiger partial charge on any atom is 0.195 e. The summed E-state index contributed by atoms with van der Waals surface area (Å²) < 4.78 is 7.92. The first-order valence-corrected chi connectivity index (χ1v) is 9.60. The van der Waals surface area contributed by atoms with Gasteiger partial charge in [-0.3, -0.25) is 4.57 Å². The molecule has 0 N–H and O–H groups in total. The third-order valence-corrected chi connectivity index (χ3v) is 5.05. The van der Waals surface area contributed by atoms with E-state index in [1.54, 1.807) is 23.9 Å². The first-order valence-electron chi connectivity index (χ1n) is 8.61. The van der Waals surface area contributed by atoms with Crippen molar-refractivity contribution in [3.05, 3.63) is 66.0 Å². The summed E-state index contributed by atoms with van der Waals surface area (Å²) in [5.41, 5.74) is 1.71. The van der Waals surface area contributed by atoms with Gasteiger partial charge in [0.15, 0.2) is 5.16 Å². The molecule has 0 saturated heterocycles. The first-order chi connectivity index (χ1) is 12.8. The highest BCUT2D eigenvalue weighted by Gasteiger charge is 2.30. The van der Waals surface area contributed by atoms with Crippen LogP contribution in [-0.2, 0) is 0 Å². The zero-order chi connectivity index (χ0) is 17.8. The lowest BCUT2D eigenvalue weighted by Crippen LogP contribution is -2.04. The standard InChI is InChI=1S/C20H18N4OS/c21-14-15-5-4-8-18(13-15)25-11-12-26-20-23-22-19(16-9-10-16)24(20)17-6-2-1-3-7-17/h1-8,13,16H,9-12H2. The molecule has 1 aliphatic carbocycles. The van der Waals surface area contributed by atoms with E-state index in [0.717, 1.165) is 22.4 Å². The third kappa shape index (κ3) is 3.73. The van der Waals surface area contributed by atoms with E-state index >= 15 is 0 Å². The maximum atomic E-state index is 8.95. The van der Waals surface area contributed by atoms with Gasteiger partial charge in [0.1, 0.15) is 11.6 Å². The largest absolute Gasteiger partial charge is 0.493 e. The Labute approximate surface area is 156 Å². The van der Waals surface area contributed by atoms with E-state index in [4.69, 9.17) is 10.00 Å². The molecule has 0 amide bonds. The number of ether oxygens (including phenoxy) is 1. The molecule has 0 unspecified atom stereocenters. The van der Waals surface area contributed by atoms with E-state index in [1.165, 1.54) is 12.8 Å². The second-order valence-electron chi connectivity index (χ2n) is 6.12. The minimum atomic E-state index is 0.530. The van der Waals surface area contributed by atoms with Gasteiger partial charge in [0, 0.05) is 17.4 Å². The first kappa shape index (κ1) is 16.7. The van der Waals surface area contributed by atoms with Crippen LogP contribution in [0.2, 0.25) is 0 Å². The zero-order valence-electron chi connectivity index (χ0n) is 14.2. The van der Waals surface area contributed by atoms with Gasteiger partial charge in [-0.1, -0.05) is 36.0 Å². The highest BCUT2D eigenvalue weighted by molar-refractivity contribution is 7.99. The van der Waals surface area contributed by atoms with Gasteiger partial charge < -0.3 is 4.74 Å². The Morgan fingerprint density at radius 3 is 2.73 bits per heavy atom. The number of thioether (sulfide) groups is 1.